The van der Waals surface area contributed by atoms with Crippen molar-refractivity contribution in [1.82, 2.24) is 0 Å². The van der Waals surface area contributed by atoms with Gasteiger partial charge >= 0.3 is 5.97 Å². The Kier molecular flexibility index (Phi) is 3.95. The van der Waals surface area contributed by atoms with Crippen molar-refractivity contribution in [3.8, 4) is 5.75 Å². The predicted molar refractivity (Wildman–Crippen MR) is 56.9 cm³/mol. The standard InChI is InChI=1S/C10H11BrO3/c1-14-10(13)9-3-2-8(12)6-7(9)4-5-11/h2-3,6,12H,4-5H2,1H3. The SMILES string of the molecule is COC(=O)c1ccc(O)cc1CCBr. The minimum absolute atomic E-state index is 0.161. The minimum atomic E-state index is -0.374. The maximum Gasteiger partial charge on any atom is 0.338 e. The van der Waals surface area contributed by atoms with Crippen molar-refractivity contribution in [1.29, 1.82) is 0 Å². The topological polar surface area (TPSA) is 46.5 Å². The van der Waals surface area contributed by atoms with Crippen LogP contribution in [-0.4, -0.2) is 23.5 Å². The van der Waals surface area contributed by atoms with Gasteiger partial charge in [0, 0.05) is 5.33 Å². The summed E-state index contributed by atoms with van der Waals surface area (Å²) in [5.41, 5.74) is 1.29. The fraction of sp³-hybridized carbons (Fsp3) is 0.300. The molecule has 0 aliphatic heterocycles. The Bertz CT molecular complexity index is 336. The number of phenols is 1. The Morgan fingerprint density at radius 2 is 2.29 bits per heavy atom. The first-order chi connectivity index (χ1) is 6.69. The van der Waals surface area contributed by atoms with Gasteiger partial charge in [0.15, 0.2) is 0 Å². The molecule has 1 rings (SSSR count). The van der Waals surface area contributed by atoms with Crippen molar-refractivity contribution in [3.63, 3.8) is 0 Å². The van der Waals surface area contributed by atoms with Gasteiger partial charge in [0.05, 0.1) is 12.7 Å². The van der Waals surface area contributed by atoms with Gasteiger partial charge in [0.25, 0.3) is 0 Å². The molecule has 0 aliphatic carbocycles. The van der Waals surface area contributed by atoms with Crippen LogP contribution in [0, 0.1) is 0 Å². The van der Waals surface area contributed by atoms with Gasteiger partial charge in [-0.25, -0.2) is 4.79 Å². The number of aromatic hydroxyl groups is 1. The summed E-state index contributed by atoms with van der Waals surface area (Å²) in [5.74, 6) is -0.213. The summed E-state index contributed by atoms with van der Waals surface area (Å²) in [6, 6.07) is 4.62. The first-order valence-electron chi connectivity index (χ1n) is 4.15. The molecule has 0 atom stereocenters. The van der Waals surface area contributed by atoms with Crippen LogP contribution in [0.25, 0.3) is 0 Å². The Balaban J connectivity index is 3.07. The monoisotopic (exact) mass is 258 g/mol. The highest BCUT2D eigenvalue weighted by Gasteiger charge is 2.11. The van der Waals surface area contributed by atoms with Gasteiger partial charge in [-0.2, -0.15) is 0 Å². The molecule has 1 aromatic carbocycles. The number of hydrogen-bond donors (Lipinski definition) is 1. The van der Waals surface area contributed by atoms with Crippen LogP contribution in [0.3, 0.4) is 0 Å². The normalized spacial score (nSPS) is 9.86. The average Bonchev–Trinajstić information content (AvgIpc) is 2.17. The number of aryl methyl sites for hydroxylation is 1. The lowest BCUT2D eigenvalue weighted by molar-refractivity contribution is 0.0599. The highest BCUT2D eigenvalue weighted by atomic mass is 79.9. The van der Waals surface area contributed by atoms with E-state index in [0.29, 0.717) is 12.0 Å². The number of benzene rings is 1. The van der Waals surface area contributed by atoms with Crippen LogP contribution in [0.15, 0.2) is 18.2 Å². The smallest absolute Gasteiger partial charge is 0.338 e. The van der Waals surface area contributed by atoms with E-state index >= 15 is 0 Å². The number of halogens is 1. The summed E-state index contributed by atoms with van der Waals surface area (Å²) >= 11 is 3.28. The molecule has 3 nitrogen and oxygen atoms in total. The summed E-state index contributed by atoms with van der Waals surface area (Å²) in [5, 5.41) is 9.99. The van der Waals surface area contributed by atoms with E-state index in [9.17, 15) is 9.90 Å². The number of hydrogen-bond acceptors (Lipinski definition) is 3. The molecule has 0 saturated heterocycles. The van der Waals surface area contributed by atoms with Gasteiger partial charge in [0.1, 0.15) is 5.75 Å². The van der Waals surface area contributed by atoms with Crippen LogP contribution in [0.4, 0.5) is 0 Å². The van der Waals surface area contributed by atoms with Crippen molar-refractivity contribution >= 4 is 21.9 Å². The van der Waals surface area contributed by atoms with Crippen molar-refractivity contribution in [2.24, 2.45) is 0 Å². The molecule has 0 aliphatic rings. The number of alkyl halides is 1. The number of carbonyl (C=O) groups is 1. The van der Waals surface area contributed by atoms with Crippen LogP contribution in [0.5, 0.6) is 5.75 Å². The quantitative estimate of drug-likeness (QED) is 0.668. The van der Waals surface area contributed by atoms with Gasteiger partial charge in [-0.05, 0) is 30.2 Å². The van der Waals surface area contributed by atoms with Crippen molar-refractivity contribution < 1.29 is 14.6 Å². The van der Waals surface area contributed by atoms with Gasteiger partial charge < -0.3 is 9.84 Å². The Hall–Kier alpha value is -1.03. The van der Waals surface area contributed by atoms with E-state index in [1.165, 1.54) is 13.2 Å². The molecule has 0 aromatic heterocycles. The fourth-order valence-electron chi connectivity index (χ4n) is 1.20. The van der Waals surface area contributed by atoms with Crippen LogP contribution in [0.1, 0.15) is 15.9 Å². The zero-order chi connectivity index (χ0) is 10.6. The minimum Gasteiger partial charge on any atom is -0.508 e. The molecule has 4 heteroatoms. The number of ether oxygens (including phenoxy) is 1. The molecule has 0 spiro atoms. The maximum atomic E-state index is 11.3. The lowest BCUT2D eigenvalue weighted by Gasteiger charge is -2.06. The van der Waals surface area contributed by atoms with Gasteiger partial charge in [-0.15, -0.1) is 0 Å². The molecule has 0 bridgehead atoms. The molecule has 0 amide bonds. The molecular weight excluding hydrogens is 248 g/mol. The summed E-state index contributed by atoms with van der Waals surface area (Å²) in [4.78, 5) is 11.3. The van der Waals surface area contributed by atoms with Crippen LogP contribution in [0.2, 0.25) is 0 Å². The summed E-state index contributed by atoms with van der Waals surface area (Å²) in [7, 11) is 1.34. The highest BCUT2D eigenvalue weighted by molar-refractivity contribution is 9.09. The van der Waals surface area contributed by atoms with E-state index in [0.717, 1.165) is 10.9 Å². The van der Waals surface area contributed by atoms with Crippen molar-refractivity contribution in [3.05, 3.63) is 29.3 Å². The summed E-state index contributed by atoms with van der Waals surface area (Å²) in [6.07, 6.45) is 0.679. The maximum absolute atomic E-state index is 11.3. The Morgan fingerprint density at radius 1 is 1.57 bits per heavy atom. The van der Waals surface area contributed by atoms with E-state index in [1.54, 1.807) is 12.1 Å². The van der Waals surface area contributed by atoms with E-state index in [4.69, 9.17) is 0 Å². The first kappa shape index (κ1) is 11.0. The molecule has 1 N–H and O–H groups in total. The van der Waals surface area contributed by atoms with Gasteiger partial charge in [-0.3, -0.25) is 0 Å². The van der Waals surface area contributed by atoms with E-state index < -0.39 is 0 Å². The fourth-order valence-corrected chi connectivity index (χ4v) is 1.63. The van der Waals surface area contributed by atoms with Crippen LogP contribution < -0.4 is 0 Å². The molecule has 0 saturated carbocycles. The number of methoxy groups -OCH3 is 1. The lowest BCUT2D eigenvalue weighted by Crippen LogP contribution is -2.05. The molecular formula is C10H11BrO3. The highest BCUT2D eigenvalue weighted by Crippen LogP contribution is 2.18. The second kappa shape index (κ2) is 5.00. The average molecular weight is 259 g/mol. The molecule has 76 valence electrons. The third-order valence-electron chi connectivity index (χ3n) is 1.86. The summed E-state index contributed by atoms with van der Waals surface area (Å²) < 4.78 is 4.63. The zero-order valence-electron chi connectivity index (χ0n) is 7.79. The number of carbonyl (C=O) groups excluding carboxylic acids is 1. The molecule has 0 fully saturated rings. The first-order valence-corrected chi connectivity index (χ1v) is 5.27. The van der Waals surface area contributed by atoms with Crippen LogP contribution in [-0.2, 0) is 11.2 Å². The van der Waals surface area contributed by atoms with Gasteiger partial charge in [-0.1, -0.05) is 15.9 Å². The van der Waals surface area contributed by atoms with E-state index in [-0.39, 0.29) is 11.7 Å². The lowest BCUT2D eigenvalue weighted by atomic mass is 10.1. The predicted octanol–water partition coefficient (Wildman–Crippen LogP) is 2.12. The molecule has 0 radical (unpaired) electrons. The van der Waals surface area contributed by atoms with Crippen molar-refractivity contribution in [2.45, 2.75) is 6.42 Å². The Labute approximate surface area is 90.8 Å². The van der Waals surface area contributed by atoms with E-state index in [2.05, 4.69) is 20.7 Å². The Morgan fingerprint density at radius 3 is 2.86 bits per heavy atom. The third kappa shape index (κ3) is 2.48. The van der Waals surface area contributed by atoms with E-state index in [1.807, 2.05) is 0 Å². The number of phenolic OH excluding ortho intramolecular Hbond substituents is 1. The van der Waals surface area contributed by atoms with Crippen LogP contribution >= 0.6 is 15.9 Å². The largest absolute Gasteiger partial charge is 0.508 e. The number of esters is 1. The number of rotatable bonds is 3. The molecule has 0 heterocycles. The van der Waals surface area contributed by atoms with Gasteiger partial charge in [0.2, 0.25) is 0 Å². The molecule has 1 aromatic rings. The van der Waals surface area contributed by atoms with Crippen molar-refractivity contribution in [2.75, 3.05) is 12.4 Å². The summed E-state index contributed by atoms with van der Waals surface area (Å²) in [6.45, 7) is 0. The molecule has 0 unspecified atom stereocenters. The second-order valence-corrected chi connectivity index (χ2v) is 3.57. The second-order valence-electron chi connectivity index (χ2n) is 2.77. The zero-order valence-corrected chi connectivity index (χ0v) is 9.37. The third-order valence-corrected chi connectivity index (χ3v) is 2.25. The molecule has 14 heavy (non-hydrogen) atoms.